The van der Waals surface area contributed by atoms with Crippen molar-refractivity contribution in [2.75, 3.05) is 0 Å². The minimum Gasteiger partial charge on any atom is -0.327 e. The van der Waals surface area contributed by atoms with Crippen molar-refractivity contribution in [1.29, 1.82) is 0 Å². The highest BCUT2D eigenvalue weighted by Gasteiger charge is 2.30. The highest BCUT2D eigenvalue weighted by atomic mass is 35.5. The van der Waals surface area contributed by atoms with E-state index in [2.05, 4.69) is 27.2 Å². The number of hydrogen-bond acceptors (Lipinski definition) is 4. The summed E-state index contributed by atoms with van der Waals surface area (Å²) >= 11 is 0. The Balaban J connectivity index is 0.000000845. The van der Waals surface area contributed by atoms with Crippen LogP contribution in [0.3, 0.4) is 0 Å². The normalized spacial score (nSPS) is 27.3. The van der Waals surface area contributed by atoms with E-state index < -0.39 is 0 Å². The summed E-state index contributed by atoms with van der Waals surface area (Å²) < 4.78 is 0. The Kier molecular flexibility index (Phi) is 3.00. The van der Waals surface area contributed by atoms with Crippen molar-refractivity contribution in [3.8, 4) is 0 Å². The molecule has 2 atom stereocenters. The number of aromatic nitrogens is 4. The molecular formula is C7H12ClN5. The Morgan fingerprint density at radius 3 is 2.69 bits per heavy atom. The molecule has 1 aliphatic carbocycles. The quantitative estimate of drug-likeness (QED) is 0.644. The van der Waals surface area contributed by atoms with Gasteiger partial charge in [-0.15, -0.1) is 22.6 Å². The molecule has 0 amide bonds. The van der Waals surface area contributed by atoms with Crippen molar-refractivity contribution in [2.45, 2.75) is 24.8 Å². The standard InChI is InChI=1S/C7H11N5.ClH/c1-4-2-5(6(8)3-4)7-9-11-12-10-7;/h5-6H,1-3,8H2,(H,9,10,11,12);1H/t5-,6+;/m1./s1. The summed E-state index contributed by atoms with van der Waals surface area (Å²) in [5.74, 6) is 0.914. The summed E-state index contributed by atoms with van der Waals surface area (Å²) in [7, 11) is 0. The van der Waals surface area contributed by atoms with Gasteiger partial charge in [0.2, 0.25) is 0 Å². The topological polar surface area (TPSA) is 80.5 Å². The number of nitrogens with zero attached hydrogens (tertiary/aromatic N) is 3. The molecule has 0 saturated heterocycles. The molecule has 0 aromatic carbocycles. The van der Waals surface area contributed by atoms with Gasteiger partial charge in [0.05, 0.1) is 0 Å². The molecule has 1 heterocycles. The first kappa shape index (κ1) is 10.1. The van der Waals surface area contributed by atoms with E-state index in [1.165, 1.54) is 5.57 Å². The molecule has 72 valence electrons. The van der Waals surface area contributed by atoms with Crippen LogP contribution in [-0.2, 0) is 0 Å². The Morgan fingerprint density at radius 1 is 1.46 bits per heavy atom. The van der Waals surface area contributed by atoms with Gasteiger partial charge < -0.3 is 5.73 Å². The molecule has 2 rings (SSSR count). The number of H-pyrrole nitrogens is 1. The van der Waals surface area contributed by atoms with Gasteiger partial charge in [-0.05, 0) is 12.8 Å². The van der Waals surface area contributed by atoms with E-state index >= 15 is 0 Å². The molecule has 1 aliphatic rings. The number of hydrogen-bond donors (Lipinski definition) is 2. The number of nitrogens with one attached hydrogen (secondary N) is 1. The van der Waals surface area contributed by atoms with E-state index in [1.54, 1.807) is 0 Å². The SMILES string of the molecule is C=C1C[C@H](N)[C@H](c2nn[nH]n2)C1.Cl. The van der Waals surface area contributed by atoms with Crippen LogP contribution in [0.1, 0.15) is 24.6 Å². The Morgan fingerprint density at radius 2 is 2.23 bits per heavy atom. The van der Waals surface area contributed by atoms with E-state index in [9.17, 15) is 0 Å². The zero-order valence-electron chi connectivity index (χ0n) is 7.10. The first-order valence-corrected chi connectivity index (χ1v) is 3.93. The number of tetrazole rings is 1. The molecule has 5 nitrogen and oxygen atoms in total. The summed E-state index contributed by atoms with van der Waals surface area (Å²) in [5, 5.41) is 13.8. The number of rotatable bonds is 1. The van der Waals surface area contributed by atoms with Gasteiger partial charge in [-0.25, -0.2) is 0 Å². The average Bonchev–Trinajstić information content (AvgIpc) is 2.58. The van der Waals surface area contributed by atoms with Crippen molar-refractivity contribution in [3.05, 3.63) is 18.0 Å². The van der Waals surface area contributed by atoms with E-state index in [1.807, 2.05) is 0 Å². The van der Waals surface area contributed by atoms with Gasteiger partial charge >= 0.3 is 0 Å². The lowest BCUT2D eigenvalue weighted by atomic mass is 10.0. The second-order valence-corrected chi connectivity index (χ2v) is 3.20. The van der Waals surface area contributed by atoms with Crippen LogP contribution in [0, 0.1) is 0 Å². The Hall–Kier alpha value is -0.940. The Labute approximate surface area is 82.2 Å². The maximum absolute atomic E-state index is 5.88. The second kappa shape index (κ2) is 3.85. The lowest BCUT2D eigenvalue weighted by Crippen LogP contribution is -2.23. The summed E-state index contributed by atoms with van der Waals surface area (Å²) in [6.45, 7) is 3.90. The maximum atomic E-state index is 5.88. The van der Waals surface area contributed by atoms with Crippen molar-refractivity contribution in [1.82, 2.24) is 20.6 Å². The maximum Gasteiger partial charge on any atom is 0.179 e. The predicted octanol–water partition coefficient (Wildman–Crippen LogP) is 0.382. The van der Waals surface area contributed by atoms with Crippen molar-refractivity contribution in [3.63, 3.8) is 0 Å². The highest BCUT2D eigenvalue weighted by molar-refractivity contribution is 5.85. The summed E-state index contributed by atoms with van der Waals surface area (Å²) in [6.07, 6.45) is 1.76. The number of nitrogens with two attached hydrogens (primary N) is 1. The fourth-order valence-electron chi connectivity index (χ4n) is 1.63. The monoisotopic (exact) mass is 201 g/mol. The number of halogens is 1. The lowest BCUT2D eigenvalue weighted by molar-refractivity contribution is 0.582. The van der Waals surface area contributed by atoms with Crippen LogP contribution in [0.4, 0.5) is 0 Å². The number of aromatic amines is 1. The summed E-state index contributed by atoms with van der Waals surface area (Å²) in [4.78, 5) is 0. The third kappa shape index (κ3) is 1.87. The van der Waals surface area contributed by atoms with Gasteiger partial charge in [-0.3, -0.25) is 0 Å². The van der Waals surface area contributed by atoms with Crippen LogP contribution in [0.2, 0.25) is 0 Å². The summed E-state index contributed by atoms with van der Waals surface area (Å²) in [6, 6.07) is 0.107. The third-order valence-corrected chi connectivity index (χ3v) is 2.24. The van der Waals surface area contributed by atoms with Gasteiger partial charge in [0, 0.05) is 12.0 Å². The highest BCUT2D eigenvalue weighted by Crippen LogP contribution is 2.33. The summed E-state index contributed by atoms with van der Waals surface area (Å²) in [5.41, 5.74) is 7.06. The molecule has 3 N–H and O–H groups in total. The lowest BCUT2D eigenvalue weighted by Gasteiger charge is -2.08. The van der Waals surface area contributed by atoms with Crippen LogP contribution in [0.5, 0.6) is 0 Å². The molecule has 0 unspecified atom stereocenters. The van der Waals surface area contributed by atoms with Gasteiger partial charge in [0.1, 0.15) is 0 Å². The van der Waals surface area contributed by atoms with Crippen molar-refractivity contribution < 1.29 is 0 Å². The van der Waals surface area contributed by atoms with E-state index in [4.69, 9.17) is 5.73 Å². The Bertz CT molecular complexity index is 283. The van der Waals surface area contributed by atoms with E-state index in [0.717, 1.165) is 12.8 Å². The second-order valence-electron chi connectivity index (χ2n) is 3.20. The van der Waals surface area contributed by atoms with Gasteiger partial charge in [-0.1, -0.05) is 17.4 Å². The molecule has 1 aromatic heterocycles. The molecule has 0 spiro atoms. The smallest absolute Gasteiger partial charge is 0.179 e. The van der Waals surface area contributed by atoms with Crippen LogP contribution in [0.25, 0.3) is 0 Å². The molecule has 0 aliphatic heterocycles. The molecule has 13 heavy (non-hydrogen) atoms. The molecule has 0 radical (unpaired) electrons. The first-order valence-electron chi connectivity index (χ1n) is 3.93. The van der Waals surface area contributed by atoms with Gasteiger partial charge in [0.25, 0.3) is 0 Å². The zero-order chi connectivity index (χ0) is 8.55. The molecule has 1 saturated carbocycles. The first-order chi connectivity index (χ1) is 5.77. The molecule has 1 fully saturated rings. The minimum absolute atomic E-state index is 0. The van der Waals surface area contributed by atoms with E-state index in [-0.39, 0.29) is 24.4 Å². The van der Waals surface area contributed by atoms with Crippen molar-refractivity contribution in [2.24, 2.45) is 5.73 Å². The molecule has 6 heteroatoms. The predicted molar refractivity (Wildman–Crippen MR) is 50.5 cm³/mol. The van der Waals surface area contributed by atoms with Crippen LogP contribution in [-0.4, -0.2) is 26.7 Å². The molecule has 1 aromatic rings. The minimum atomic E-state index is 0. The molecule has 0 bridgehead atoms. The average molecular weight is 202 g/mol. The van der Waals surface area contributed by atoms with E-state index in [0.29, 0.717) is 5.82 Å². The fourth-order valence-corrected chi connectivity index (χ4v) is 1.63. The van der Waals surface area contributed by atoms with Crippen LogP contribution in [0.15, 0.2) is 12.2 Å². The van der Waals surface area contributed by atoms with Crippen molar-refractivity contribution >= 4 is 12.4 Å². The van der Waals surface area contributed by atoms with Gasteiger partial charge in [0.15, 0.2) is 5.82 Å². The zero-order valence-corrected chi connectivity index (χ0v) is 7.92. The van der Waals surface area contributed by atoms with Gasteiger partial charge in [-0.2, -0.15) is 5.21 Å². The van der Waals surface area contributed by atoms with Crippen LogP contribution >= 0.6 is 12.4 Å². The molecular weight excluding hydrogens is 190 g/mol. The largest absolute Gasteiger partial charge is 0.327 e. The third-order valence-electron chi connectivity index (χ3n) is 2.24. The van der Waals surface area contributed by atoms with Crippen LogP contribution < -0.4 is 5.73 Å². The fraction of sp³-hybridized carbons (Fsp3) is 0.571.